The van der Waals surface area contributed by atoms with Crippen LogP contribution in [0.5, 0.6) is 0 Å². The molecule has 2 aromatic rings. The van der Waals surface area contributed by atoms with Crippen LogP contribution in [0.15, 0.2) is 27.1 Å². The summed E-state index contributed by atoms with van der Waals surface area (Å²) in [6.45, 7) is 2.08. The zero-order valence-electron chi connectivity index (χ0n) is 8.51. The zero-order chi connectivity index (χ0) is 10.4. The molecule has 0 bridgehead atoms. The molecule has 3 rings (SSSR count). The van der Waals surface area contributed by atoms with Crippen molar-refractivity contribution >= 4 is 33.0 Å². The minimum absolute atomic E-state index is 0.999. The molecule has 0 amide bonds. The number of allylic oxidation sites excluding steroid dienone is 1. The van der Waals surface area contributed by atoms with E-state index in [-0.39, 0.29) is 0 Å². The zero-order valence-corrected chi connectivity index (χ0v) is 10.1. The van der Waals surface area contributed by atoms with Crippen LogP contribution in [0.4, 0.5) is 0 Å². The molecule has 15 heavy (non-hydrogen) atoms. The monoisotopic (exact) mass is 262 g/mol. The van der Waals surface area contributed by atoms with E-state index >= 15 is 0 Å². The van der Waals surface area contributed by atoms with Gasteiger partial charge in [0.05, 0.1) is 0 Å². The number of halogens is 1. The molecule has 0 unspecified atom stereocenters. The van der Waals surface area contributed by atoms with Gasteiger partial charge in [0, 0.05) is 21.8 Å². The van der Waals surface area contributed by atoms with Gasteiger partial charge in [-0.3, -0.25) is 0 Å². The Morgan fingerprint density at radius 1 is 1.33 bits per heavy atom. The van der Waals surface area contributed by atoms with E-state index in [4.69, 9.17) is 4.42 Å². The van der Waals surface area contributed by atoms with Gasteiger partial charge in [0.1, 0.15) is 11.3 Å². The van der Waals surface area contributed by atoms with Gasteiger partial charge in [-0.25, -0.2) is 0 Å². The molecule has 0 saturated carbocycles. The van der Waals surface area contributed by atoms with Gasteiger partial charge >= 0.3 is 0 Å². The van der Waals surface area contributed by atoms with Gasteiger partial charge in [-0.15, -0.1) is 0 Å². The first-order valence-corrected chi connectivity index (χ1v) is 5.93. The molecule has 0 atom stereocenters. The van der Waals surface area contributed by atoms with Crippen molar-refractivity contribution in [3.63, 3.8) is 0 Å². The Hall–Kier alpha value is -1.02. The lowest BCUT2D eigenvalue weighted by Crippen LogP contribution is -1.88. The first-order valence-electron chi connectivity index (χ1n) is 5.14. The van der Waals surface area contributed by atoms with E-state index in [9.17, 15) is 0 Å². The highest BCUT2D eigenvalue weighted by atomic mass is 79.9. The topological polar surface area (TPSA) is 13.1 Å². The second-order valence-corrected chi connectivity index (χ2v) is 4.85. The summed E-state index contributed by atoms with van der Waals surface area (Å²) >= 11 is 3.61. The van der Waals surface area contributed by atoms with Crippen molar-refractivity contribution in [2.45, 2.75) is 19.8 Å². The number of benzene rings is 1. The molecule has 1 aliphatic carbocycles. The molecule has 1 aromatic carbocycles. The fourth-order valence-electron chi connectivity index (χ4n) is 2.16. The Bertz CT molecular complexity index is 563. The molecule has 1 nitrogen and oxygen atoms in total. The molecule has 0 spiro atoms. The molecule has 1 aliphatic rings. The maximum absolute atomic E-state index is 5.87. The summed E-state index contributed by atoms with van der Waals surface area (Å²) in [7, 11) is 0. The third-order valence-electron chi connectivity index (χ3n) is 2.82. The van der Waals surface area contributed by atoms with Crippen molar-refractivity contribution in [3.05, 3.63) is 39.6 Å². The van der Waals surface area contributed by atoms with Crippen LogP contribution >= 0.6 is 15.9 Å². The lowest BCUT2D eigenvalue weighted by Gasteiger charge is -2.02. The van der Waals surface area contributed by atoms with Crippen LogP contribution in [0, 0.1) is 6.92 Å². The van der Waals surface area contributed by atoms with E-state index < -0.39 is 0 Å². The van der Waals surface area contributed by atoms with E-state index in [1.807, 2.05) is 0 Å². The summed E-state index contributed by atoms with van der Waals surface area (Å²) < 4.78 is 7.00. The fraction of sp³-hybridized carbons (Fsp3) is 0.231. The van der Waals surface area contributed by atoms with Crippen LogP contribution in [0.1, 0.15) is 23.3 Å². The minimum Gasteiger partial charge on any atom is -0.460 e. The van der Waals surface area contributed by atoms with E-state index in [0.717, 1.165) is 28.7 Å². The van der Waals surface area contributed by atoms with E-state index in [0.29, 0.717) is 0 Å². The van der Waals surface area contributed by atoms with Crippen molar-refractivity contribution < 1.29 is 4.42 Å². The Labute approximate surface area is 96.9 Å². The average Bonchev–Trinajstić information content (AvgIpc) is 2.54. The Balaban J connectivity index is 2.43. The van der Waals surface area contributed by atoms with Crippen LogP contribution in [0.3, 0.4) is 0 Å². The van der Waals surface area contributed by atoms with E-state index in [1.165, 1.54) is 16.5 Å². The van der Waals surface area contributed by atoms with Gasteiger partial charge < -0.3 is 4.42 Å². The van der Waals surface area contributed by atoms with Gasteiger partial charge in [0.2, 0.25) is 0 Å². The lowest BCUT2D eigenvalue weighted by atomic mass is 10.0. The van der Waals surface area contributed by atoms with Crippen molar-refractivity contribution in [2.24, 2.45) is 0 Å². The van der Waals surface area contributed by atoms with Gasteiger partial charge in [0.15, 0.2) is 0 Å². The van der Waals surface area contributed by atoms with Gasteiger partial charge in [0.25, 0.3) is 0 Å². The Kier molecular flexibility index (Phi) is 1.99. The van der Waals surface area contributed by atoms with Gasteiger partial charge in [-0.05, 0) is 31.0 Å². The van der Waals surface area contributed by atoms with Crippen molar-refractivity contribution in [2.75, 3.05) is 0 Å². The van der Waals surface area contributed by atoms with Crippen molar-refractivity contribution in [1.29, 1.82) is 0 Å². The molecule has 76 valence electrons. The summed E-state index contributed by atoms with van der Waals surface area (Å²) in [5.74, 6) is 1.12. The maximum Gasteiger partial charge on any atom is 0.136 e. The van der Waals surface area contributed by atoms with Crippen LogP contribution < -0.4 is 0 Å². The minimum atomic E-state index is 0.999. The third-order valence-corrected chi connectivity index (χ3v) is 3.45. The molecule has 0 saturated heterocycles. The van der Waals surface area contributed by atoms with Crippen LogP contribution in [-0.2, 0) is 6.42 Å². The van der Waals surface area contributed by atoms with Gasteiger partial charge in [-0.2, -0.15) is 0 Å². The molecular weight excluding hydrogens is 252 g/mol. The number of rotatable bonds is 0. The van der Waals surface area contributed by atoms with Crippen molar-refractivity contribution in [3.8, 4) is 0 Å². The van der Waals surface area contributed by atoms with Crippen molar-refractivity contribution in [1.82, 2.24) is 0 Å². The van der Waals surface area contributed by atoms with E-state index in [1.54, 1.807) is 0 Å². The summed E-state index contributed by atoms with van der Waals surface area (Å²) in [6, 6.07) is 4.24. The predicted octanol–water partition coefficient (Wildman–Crippen LogP) is 4.46. The number of furan rings is 1. The largest absolute Gasteiger partial charge is 0.460 e. The SMILES string of the molecule is Cc1cc(Br)c2c3c(oc2c1)CCC=C3. The quantitative estimate of drug-likeness (QED) is 0.683. The summed E-state index contributed by atoms with van der Waals surface area (Å²) in [5.41, 5.74) is 3.48. The third kappa shape index (κ3) is 1.36. The Morgan fingerprint density at radius 3 is 3.07 bits per heavy atom. The number of hydrogen-bond acceptors (Lipinski definition) is 1. The van der Waals surface area contributed by atoms with E-state index in [2.05, 4.69) is 47.1 Å². The molecular formula is C13H11BrO. The highest BCUT2D eigenvalue weighted by Gasteiger charge is 2.16. The number of hydrogen-bond donors (Lipinski definition) is 0. The highest BCUT2D eigenvalue weighted by molar-refractivity contribution is 9.10. The first kappa shape index (κ1) is 9.22. The standard InChI is InChI=1S/C13H11BrO/c1-8-6-10(14)13-9-4-2-3-5-11(9)15-12(13)7-8/h2,4,6-7H,3,5H2,1H3. The molecule has 0 fully saturated rings. The van der Waals surface area contributed by atoms with Gasteiger partial charge in [-0.1, -0.05) is 28.1 Å². The number of fused-ring (bicyclic) bond motifs is 3. The second kappa shape index (κ2) is 3.24. The molecule has 1 aromatic heterocycles. The molecule has 2 heteroatoms. The lowest BCUT2D eigenvalue weighted by molar-refractivity contribution is 0.546. The summed E-state index contributed by atoms with van der Waals surface area (Å²) in [4.78, 5) is 0. The number of aryl methyl sites for hydroxylation is 2. The predicted molar refractivity (Wildman–Crippen MR) is 66.0 cm³/mol. The molecule has 0 N–H and O–H groups in total. The second-order valence-electron chi connectivity index (χ2n) is 4.00. The molecule has 1 heterocycles. The smallest absolute Gasteiger partial charge is 0.136 e. The molecule has 0 aliphatic heterocycles. The maximum atomic E-state index is 5.87. The highest BCUT2D eigenvalue weighted by Crippen LogP contribution is 2.36. The van der Waals surface area contributed by atoms with Crippen LogP contribution in [0.2, 0.25) is 0 Å². The van der Waals surface area contributed by atoms with Crippen LogP contribution in [0.25, 0.3) is 17.0 Å². The Morgan fingerprint density at radius 2 is 2.20 bits per heavy atom. The fourth-order valence-corrected chi connectivity index (χ4v) is 2.93. The summed E-state index contributed by atoms with van der Waals surface area (Å²) in [6.07, 6.45) is 6.49. The summed E-state index contributed by atoms with van der Waals surface area (Å²) in [5, 5.41) is 1.21. The normalized spacial score (nSPS) is 14.5. The van der Waals surface area contributed by atoms with Crippen LogP contribution in [-0.4, -0.2) is 0 Å². The molecule has 0 radical (unpaired) electrons. The first-order chi connectivity index (χ1) is 7.25. The average molecular weight is 263 g/mol.